The van der Waals surface area contributed by atoms with Gasteiger partial charge in [-0.25, -0.2) is 0 Å². The third-order valence-corrected chi connectivity index (χ3v) is 5.99. The number of amides is 2. The molecule has 2 amide bonds. The Morgan fingerprint density at radius 1 is 1.11 bits per heavy atom. The molecule has 0 unspecified atom stereocenters. The molecule has 202 valence electrons. The first-order valence-electron chi connectivity index (χ1n) is 11.9. The Hall–Kier alpha value is -3.48. The lowest BCUT2D eigenvalue weighted by Crippen LogP contribution is -2.62. The van der Waals surface area contributed by atoms with Crippen molar-refractivity contribution in [2.24, 2.45) is 0 Å². The highest BCUT2D eigenvalue weighted by molar-refractivity contribution is 6.02. The predicted octanol–water partition coefficient (Wildman–Crippen LogP) is 3.72. The lowest BCUT2D eigenvalue weighted by Gasteiger charge is -2.37. The van der Waals surface area contributed by atoms with Gasteiger partial charge in [0.2, 0.25) is 17.6 Å². The van der Waals surface area contributed by atoms with Crippen LogP contribution in [-0.4, -0.2) is 52.8 Å². The van der Waals surface area contributed by atoms with Crippen LogP contribution in [0.4, 0.5) is 13.2 Å². The number of carbonyl (C=O) groups is 3. The summed E-state index contributed by atoms with van der Waals surface area (Å²) < 4.78 is 51.3. The van der Waals surface area contributed by atoms with E-state index >= 15 is 0 Å². The fourth-order valence-electron chi connectivity index (χ4n) is 4.20. The Bertz CT molecular complexity index is 1080. The van der Waals surface area contributed by atoms with Gasteiger partial charge >= 0.3 is 6.36 Å². The van der Waals surface area contributed by atoms with Gasteiger partial charge in [0.25, 0.3) is 11.8 Å². The molecule has 10 nitrogen and oxygen atoms in total. The van der Waals surface area contributed by atoms with Crippen molar-refractivity contribution >= 4 is 17.6 Å². The van der Waals surface area contributed by atoms with Gasteiger partial charge in [-0.2, -0.15) is 0 Å². The molecule has 0 saturated heterocycles. The Labute approximate surface area is 211 Å². The number of ether oxygens (including phenoxy) is 2. The van der Waals surface area contributed by atoms with E-state index in [4.69, 9.17) is 9.15 Å². The molecule has 1 saturated carbocycles. The number of nitrogens with one attached hydrogen (secondary N) is 2. The fourth-order valence-corrected chi connectivity index (χ4v) is 4.20. The molecular weight excluding hydrogens is 497 g/mol. The number of ketones is 1. The van der Waals surface area contributed by atoms with Crippen LogP contribution in [0.1, 0.15) is 78.8 Å². The van der Waals surface area contributed by atoms with Gasteiger partial charge in [0, 0.05) is 12.7 Å². The molecule has 2 aromatic rings. The Morgan fingerprint density at radius 2 is 1.78 bits per heavy atom. The summed E-state index contributed by atoms with van der Waals surface area (Å²) in [6.07, 6.45) is -1.09. The number of carbonyl (C=O) groups excluding carboxylic acids is 3. The molecule has 1 atom stereocenters. The van der Waals surface area contributed by atoms with Crippen LogP contribution in [0.5, 0.6) is 5.75 Å². The first kappa shape index (κ1) is 28.1. The second kappa shape index (κ2) is 12.2. The lowest BCUT2D eigenvalue weighted by molar-refractivity contribution is -0.274. The van der Waals surface area contributed by atoms with Crippen LogP contribution in [0.15, 0.2) is 28.7 Å². The molecular formula is C24H29F3N4O6. The van der Waals surface area contributed by atoms with Gasteiger partial charge in [0.1, 0.15) is 17.9 Å². The van der Waals surface area contributed by atoms with Crippen molar-refractivity contribution in [3.63, 3.8) is 0 Å². The number of alkyl halides is 3. The van der Waals surface area contributed by atoms with E-state index in [1.807, 2.05) is 6.92 Å². The highest BCUT2D eigenvalue weighted by Gasteiger charge is 2.43. The standard InChI is InChI=1S/C24H29F3N4O6/c1-3-7-17(19(32)21-31-30-18(36-21)14-35-2)28-22(34)23(12-5-4-6-13-23)29-20(33)15-8-10-16(11-9-15)37-24(25,26)27/h8-11,17H,3-7,12-14H2,1-2H3,(H,28,34)(H,29,33)/t17-/m0/s1. The number of halogens is 3. The molecule has 13 heteroatoms. The second-order valence-corrected chi connectivity index (χ2v) is 8.78. The largest absolute Gasteiger partial charge is 0.573 e. The molecule has 0 radical (unpaired) electrons. The minimum atomic E-state index is -4.85. The maximum Gasteiger partial charge on any atom is 0.573 e. The van der Waals surface area contributed by atoms with Gasteiger partial charge in [0.05, 0.1) is 6.04 Å². The van der Waals surface area contributed by atoms with E-state index in [1.165, 1.54) is 19.2 Å². The summed E-state index contributed by atoms with van der Waals surface area (Å²) in [6, 6.07) is 3.45. The summed E-state index contributed by atoms with van der Waals surface area (Å²) in [6.45, 7) is 1.88. The van der Waals surface area contributed by atoms with E-state index in [2.05, 4.69) is 25.6 Å². The predicted molar refractivity (Wildman–Crippen MR) is 123 cm³/mol. The fraction of sp³-hybridized carbons (Fsp3) is 0.542. The van der Waals surface area contributed by atoms with E-state index in [1.54, 1.807) is 0 Å². The quantitative estimate of drug-likeness (QED) is 0.424. The second-order valence-electron chi connectivity index (χ2n) is 8.78. The number of benzene rings is 1. The summed E-state index contributed by atoms with van der Waals surface area (Å²) in [4.78, 5) is 39.5. The SMILES string of the molecule is CCC[C@H](NC(=O)C1(NC(=O)c2ccc(OC(F)(F)F)cc2)CCCCC1)C(=O)c1nnc(COC)o1. The molecule has 3 rings (SSSR count). The summed E-state index contributed by atoms with van der Waals surface area (Å²) in [5, 5.41) is 13.0. The highest BCUT2D eigenvalue weighted by atomic mass is 19.4. The van der Waals surface area contributed by atoms with Crippen LogP contribution in [0, 0.1) is 0 Å². The zero-order valence-corrected chi connectivity index (χ0v) is 20.5. The van der Waals surface area contributed by atoms with Crippen LogP contribution in [-0.2, 0) is 16.1 Å². The van der Waals surface area contributed by atoms with E-state index < -0.39 is 41.3 Å². The molecule has 1 aromatic heterocycles. The summed E-state index contributed by atoms with van der Waals surface area (Å²) in [5.41, 5.74) is -1.23. The van der Waals surface area contributed by atoms with Crippen molar-refractivity contribution in [3.05, 3.63) is 41.6 Å². The monoisotopic (exact) mass is 526 g/mol. The first-order chi connectivity index (χ1) is 17.6. The van der Waals surface area contributed by atoms with E-state index in [9.17, 15) is 27.6 Å². The average molecular weight is 527 g/mol. The third kappa shape index (κ3) is 7.51. The van der Waals surface area contributed by atoms with Crippen molar-refractivity contribution in [2.75, 3.05) is 7.11 Å². The molecule has 1 aliphatic carbocycles. The van der Waals surface area contributed by atoms with E-state index in [-0.39, 0.29) is 24.0 Å². The Balaban J connectivity index is 1.76. The first-order valence-corrected chi connectivity index (χ1v) is 11.9. The van der Waals surface area contributed by atoms with Crippen molar-refractivity contribution in [2.45, 2.75) is 76.4 Å². The van der Waals surface area contributed by atoms with Crippen LogP contribution in [0.25, 0.3) is 0 Å². The zero-order chi connectivity index (χ0) is 27.1. The number of rotatable bonds is 11. The molecule has 0 spiro atoms. The molecule has 1 heterocycles. The Morgan fingerprint density at radius 3 is 2.38 bits per heavy atom. The summed E-state index contributed by atoms with van der Waals surface area (Å²) in [7, 11) is 1.44. The molecule has 2 N–H and O–H groups in total. The topological polar surface area (TPSA) is 133 Å². The number of hydrogen-bond acceptors (Lipinski definition) is 8. The molecule has 37 heavy (non-hydrogen) atoms. The van der Waals surface area contributed by atoms with Crippen molar-refractivity contribution < 1.29 is 41.4 Å². The minimum absolute atomic E-state index is 0.0313. The maximum absolute atomic E-state index is 13.5. The molecule has 1 fully saturated rings. The van der Waals surface area contributed by atoms with E-state index in [0.717, 1.165) is 18.6 Å². The van der Waals surface area contributed by atoms with E-state index in [0.29, 0.717) is 38.5 Å². The van der Waals surface area contributed by atoms with Gasteiger partial charge in [-0.1, -0.05) is 32.6 Å². The number of Topliss-reactive ketones (excluding diaryl/α,β-unsaturated/α-hetero) is 1. The minimum Gasteiger partial charge on any atom is -0.416 e. The smallest absolute Gasteiger partial charge is 0.416 e. The van der Waals surface area contributed by atoms with Crippen LogP contribution >= 0.6 is 0 Å². The summed E-state index contributed by atoms with van der Waals surface area (Å²) >= 11 is 0. The zero-order valence-electron chi connectivity index (χ0n) is 20.5. The van der Waals surface area contributed by atoms with Gasteiger partial charge in [-0.15, -0.1) is 23.4 Å². The highest BCUT2D eigenvalue weighted by Crippen LogP contribution is 2.30. The number of hydrogen-bond donors (Lipinski definition) is 2. The molecule has 1 aromatic carbocycles. The normalized spacial score (nSPS) is 16.0. The van der Waals surface area contributed by atoms with Gasteiger partial charge in [-0.05, 0) is 43.5 Å². The number of aromatic nitrogens is 2. The number of methoxy groups -OCH3 is 1. The third-order valence-electron chi connectivity index (χ3n) is 5.99. The van der Waals surface area contributed by atoms with Crippen LogP contribution in [0.3, 0.4) is 0 Å². The van der Waals surface area contributed by atoms with Gasteiger partial charge in [-0.3, -0.25) is 14.4 Å². The van der Waals surface area contributed by atoms with Crippen LogP contribution < -0.4 is 15.4 Å². The maximum atomic E-state index is 13.5. The Kier molecular flexibility index (Phi) is 9.24. The van der Waals surface area contributed by atoms with Crippen LogP contribution in [0.2, 0.25) is 0 Å². The molecule has 1 aliphatic rings. The average Bonchev–Trinajstić information content (AvgIpc) is 3.32. The van der Waals surface area contributed by atoms with Crippen molar-refractivity contribution in [1.29, 1.82) is 0 Å². The summed E-state index contributed by atoms with van der Waals surface area (Å²) in [5.74, 6) is -2.31. The number of nitrogens with zero attached hydrogens (tertiary/aromatic N) is 2. The van der Waals surface area contributed by atoms with Crippen molar-refractivity contribution in [3.8, 4) is 5.75 Å². The van der Waals surface area contributed by atoms with Gasteiger partial charge in [0.15, 0.2) is 0 Å². The lowest BCUT2D eigenvalue weighted by atomic mass is 9.80. The van der Waals surface area contributed by atoms with Crippen molar-refractivity contribution in [1.82, 2.24) is 20.8 Å². The molecule has 0 bridgehead atoms. The van der Waals surface area contributed by atoms with Gasteiger partial charge < -0.3 is 24.5 Å². The molecule has 0 aliphatic heterocycles.